The summed E-state index contributed by atoms with van der Waals surface area (Å²) in [5.41, 5.74) is 0. The summed E-state index contributed by atoms with van der Waals surface area (Å²) < 4.78 is 17.1. The van der Waals surface area contributed by atoms with Crippen molar-refractivity contribution in [1.82, 2.24) is 0 Å². The van der Waals surface area contributed by atoms with Gasteiger partial charge in [-0.15, -0.1) is 0 Å². The van der Waals surface area contributed by atoms with Crippen LogP contribution in [-0.2, 0) is 28.6 Å². The van der Waals surface area contributed by atoms with E-state index in [1.54, 1.807) is 21.1 Å². The van der Waals surface area contributed by atoms with Crippen molar-refractivity contribution in [2.45, 2.75) is 180 Å². The average Bonchev–Trinajstić information content (AvgIpc) is 3.14. The number of carboxylic acid groups (broad SMARTS) is 1. The summed E-state index contributed by atoms with van der Waals surface area (Å²) in [5, 5.41) is 11.6. The lowest BCUT2D eigenvalue weighted by atomic mass is 10.1. The number of nitrogens with zero attached hydrogens (tertiary/aromatic N) is 1. The number of quaternary nitrogens is 1. The van der Waals surface area contributed by atoms with Gasteiger partial charge >= 0.3 is 11.9 Å². The maximum absolute atomic E-state index is 12.7. The van der Waals surface area contributed by atoms with E-state index in [2.05, 4.69) is 74.6 Å². The number of rotatable bonds is 38. The molecule has 0 aliphatic rings. The van der Waals surface area contributed by atoms with Crippen molar-refractivity contribution in [3.05, 3.63) is 60.8 Å². The molecule has 0 N–H and O–H groups in total. The number of carbonyl (C=O) groups excluding carboxylic acids is 3. The van der Waals surface area contributed by atoms with E-state index in [-0.39, 0.29) is 42.7 Å². The lowest BCUT2D eigenvalue weighted by Gasteiger charge is -2.34. The number of aliphatic carboxylic acids is 1. The third-order valence-corrected chi connectivity index (χ3v) is 9.39. The molecule has 0 aromatic rings. The highest BCUT2D eigenvalue weighted by molar-refractivity contribution is 5.70. The fraction of sp³-hybridized carbons (Fsp3) is 0.723. The SMILES string of the molecule is CC/C=C/C/C=C/C/C=C/C/C=C/CCCCCCCCC(=O)OC(COCCC(C(=O)[O-])[N+](C)(C)C)COC(=O)CCCCCCC/C=C/CCCCC. The number of esters is 2. The van der Waals surface area contributed by atoms with E-state index in [9.17, 15) is 19.5 Å². The van der Waals surface area contributed by atoms with Gasteiger partial charge in [0.25, 0.3) is 0 Å². The van der Waals surface area contributed by atoms with Gasteiger partial charge in [-0.25, -0.2) is 0 Å². The molecule has 0 bridgehead atoms. The lowest BCUT2D eigenvalue weighted by molar-refractivity contribution is -0.889. The molecule has 0 amide bonds. The third-order valence-electron chi connectivity index (χ3n) is 9.39. The van der Waals surface area contributed by atoms with Crippen LogP contribution in [0.4, 0.5) is 0 Å². The Kier molecular flexibility index (Phi) is 35.9. The van der Waals surface area contributed by atoms with Crippen LogP contribution in [0.5, 0.6) is 0 Å². The Morgan fingerprint density at radius 2 is 1.02 bits per heavy atom. The summed E-state index contributed by atoms with van der Waals surface area (Å²) in [7, 11) is 5.39. The molecule has 316 valence electrons. The fourth-order valence-corrected chi connectivity index (χ4v) is 6.00. The van der Waals surface area contributed by atoms with Gasteiger partial charge in [-0.2, -0.15) is 0 Å². The van der Waals surface area contributed by atoms with Crippen LogP contribution in [0.1, 0.15) is 168 Å². The van der Waals surface area contributed by atoms with Crippen LogP contribution < -0.4 is 5.11 Å². The molecular formula is C47H81NO7. The number of hydrogen-bond donors (Lipinski definition) is 0. The molecule has 0 saturated heterocycles. The predicted molar refractivity (Wildman–Crippen MR) is 226 cm³/mol. The first-order valence-corrected chi connectivity index (χ1v) is 21.8. The molecule has 0 aromatic heterocycles. The second kappa shape index (κ2) is 37.9. The quantitative estimate of drug-likeness (QED) is 0.0266. The van der Waals surface area contributed by atoms with E-state index in [0.29, 0.717) is 12.8 Å². The van der Waals surface area contributed by atoms with Crippen LogP contribution in [0, 0.1) is 0 Å². The van der Waals surface area contributed by atoms with Gasteiger partial charge in [0.2, 0.25) is 0 Å². The van der Waals surface area contributed by atoms with Gasteiger partial charge in [0.05, 0.1) is 40.3 Å². The summed E-state index contributed by atoms with van der Waals surface area (Å²) >= 11 is 0. The average molecular weight is 772 g/mol. The predicted octanol–water partition coefficient (Wildman–Crippen LogP) is 10.5. The van der Waals surface area contributed by atoms with Crippen LogP contribution in [0.2, 0.25) is 0 Å². The standard InChI is InChI=1S/C47H81NO7/c1-6-8-10-12-14-16-18-20-21-22-23-24-25-26-28-30-32-34-36-38-46(50)55-43(41-53-40-39-44(47(51)52)48(3,4)5)42-54-45(49)37-35-33-31-29-27-19-17-15-13-11-9-7-2/h8,10,14-17,20-21,23-24,43-44H,6-7,9,11-13,18-19,22,25-42H2,1-5H3/b10-8+,16-14+,17-15+,21-20+,24-23+. The van der Waals surface area contributed by atoms with Crippen molar-refractivity contribution < 1.29 is 38.2 Å². The number of carboxylic acids is 1. The van der Waals surface area contributed by atoms with Crippen molar-refractivity contribution >= 4 is 17.9 Å². The van der Waals surface area contributed by atoms with Gasteiger partial charge in [0, 0.05) is 19.3 Å². The van der Waals surface area contributed by atoms with E-state index in [0.717, 1.165) is 89.9 Å². The largest absolute Gasteiger partial charge is 0.544 e. The van der Waals surface area contributed by atoms with Gasteiger partial charge in [-0.05, 0) is 77.0 Å². The van der Waals surface area contributed by atoms with E-state index < -0.39 is 18.1 Å². The Hall–Kier alpha value is -2.97. The summed E-state index contributed by atoms with van der Waals surface area (Å²) in [5.74, 6) is -1.77. The van der Waals surface area contributed by atoms with Crippen molar-refractivity contribution in [1.29, 1.82) is 0 Å². The van der Waals surface area contributed by atoms with Crippen molar-refractivity contribution in [3.63, 3.8) is 0 Å². The maximum Gasteiger partial charge on any atom is 0.306 e. The van der Waals surface area contributed by atoms with E-state index in [1.807, 2.05) is 0 Å². The molecule has 0 aliphatic heterocycles. The van der Waals surface area contributed by atoms with Gasteiger partial charge in [0.1, 0.15) is 12.6 Å². The second-order valence-corrected chi connectivity index (χ2v) is 15.5. The first-order valence-electron chi connectivity index (χ1n) is 21.8. The topological polar surface area (TPSA) is 102 Å². The highest BCUT2D eigenvalue weighted by Gasteiger charge is 2.25. The summed E-state index contributed by atoms with van der Waals surface area (Å²) in [6.45, 7) is 4.49. The zero-order chi connectivity index (χ0) is 40.7. The minimum atomic E-state index is -1.13. The lowest BCUT2D eigenvalue weighted by Crippen LogP contribution is -2.55. The highest BCUT2D eigenvalue weighted by Crippen LogP contribution is 2.13. The molecule has 0 fully saturated rings. The summed E-state index contributed by atoms with van der Waals surface area (Å²) in [4.78, 5) is 36.8. The molecule has 0 rings (SSSR count). The molecule has 2 unspecified atom stereocenters. The Morgan fingerprint density at radius 1 is 0.564 bits per heavy atom. The van der Waals surface area contributed by atoms with Crippen molar-refractivity contribution in [3.8, 4) is 0 Å². The third kappa shape index (κ3) is 36.4. The molecule has 8 heteroatoms. The van der Waals surface area contributed by atoms with E-state index in [4.69, 9.17) is 14.2 Å². The number of likely N-dealkylation sites (N-methyl/N-ethyl adjacent to an activating group) is 1. The number of unbranched alkanes of at least 4 members (excludes halogenated alkanes) is 14. The van der Waals surface area contributed by atoms with Crippen LogP contribution in [0.15, 0.2) is 60.8 Å². The van der Waals surface area contributed by atoms with Crippen LogP contribution >= 0.6 is 0 Å². The number of allylic oxidation sites excluding steroid dienone is 10. The first kappa shape index (κ1) is 52.0. The zero-order valence-corrected chi connectivity index (χ0v) is 35.8. The monoisotopic (exact) mass is 772 g/mol. The maximum atomic E-state index is 12.7. The second-order valence-electron chi connectivity index (χ2n) is 15.5. The minimum absolute atomic E-state index is 0.0300. The smallest absolute Gasteiger partial charge is 0.306 e. The number of ether oxygens (including phenoxy) is 3. The molecule has 0 spiro atoms. The molecule has 0 saturated carbocycles. The Morgan fingerprint density at radius 3 is 1.53 bits per heavy atom. The summed E-state index contributed by atoms with van der Waals surface area (Å²) in [6.07, 6.45) is 45.2. The Balaban J connectivity index is 4.38. The molecule has 0 heterocycles. The Labute approximate surface area is 337 Å². The van der Waals surface area contributed by atoms with E-state index in [1.165, 1.54) is 44.9 Å². The van der Waals surface area contributed by atoms with Crippen LogP contribution in [0.3, 0.4) is 0 Å². The van der Waals surface area contributed by atoms with Gasteiger partial charge in [-0.3, -0.25) is 9.59 Å². The van der Waals surface area contributed by atoms with Crippen molar-refractivity contribution in [2.75, 3.05) is 41.0 Å². The minimum Gasteiger partial charge on any atom is -0.544 e. The summed E-state index contributed by atoms with van der Waals surface area (Å²) in [6, 6.07) is -0.731. The fourth-order valence-electron chi connectivity index (χ4n) is 6.00. The van der Waals surface area contributed by atoms with Crippen LogP contribution in [-0.4, -0.2) is 75.5 Å². The molecular weight excluding hydrogens is 691 g/mol. The molecule has 0 aliphatic carbocycles. The molecule has 0 aromatic carbocycles. The van der Waals surface area contributed by atoms with Crippen LogP contribution in [0.25, 0.3) is 0 Å². The molecule has 8 nitrogen and oxygen atoms in total. The normalized spacial score (nSPS) is 13.5. The molecule has 0 radical (unpaired) electrons. The highest BCUT2D eigenvalue weighted by atomic mass is 16.6. The first-order chi connectivity index (χ1) is 26.6. The van der Waals surface area contributed by atoms with E-state index >= 15 is 0 Å². The number of carbonyl (C=O) groups is 3. The van der Waals surface area contributed by atoms with Gasteiger partial charge in [0.15, 0.2) is 6.10 Å². The zero-order valence-electron chi connectivity index (χ0n) is 35.8. The number of hydrogen-bond acceptors (Lipinski definition) is 7. The van der Waals surface area contributed by atoms with Gasteiger partial charge < -0.3 is 28.6 Å². The van der Waals surface area contributed by atoms with Gasteiger partial charge in [-0.1, -0.05) is 132 Å². The Bertz CT molecular complexity index is 1090. The van der Waals surface area contributed by atoms with Crippen molar-refractivity contribution in [2.24, 2.45) is 0 Å². The molecule has 55 heavy (non-hydrogen) atoms. The molecule has 2 atom stereocenters.